The highest BCUT2D eigenvalue weighted by atomic mass is 16.3. The summed E-state index contributed by atoms with van der Waals surface area (Å²) in [5.41, 5.74) is 0. The minimum Gasteiger partial charge on any atom is -0.394 e. The minimum atomic E-state index is -0.855. The number of allylic oxidation sites excluding steroid dienone is 3. The van der Waals surface area contributed by atoms with Crippen molar-refractivity contribution >= 4 is 5.91 Å². The van der Waals surface area contributed by atoms with E-state index in [1.54, 1.807) is 6.08 Å². The van der Waals surface area contributed by atoms with Crippen LogP contribution < -0.4 is 5.32 Å². The number of aliphatic hydroxyl groups excluding tert-OH is 2. The standard InChI is InChI=1S/C36H69NO3/c1-3-5-7-9-11-13-15-17-18-20-22-24-26-28-30-32-36(40)37-34(33-38)35(39)31-29-27-25-23-21-19-16-14-12-10-8-6-4-2/h21,23,29,31,34-35,38-39H,3-20,22,24-28,30,32-33H2,1-2H3,(H,37,40)/b23-21+,31-29+/t34-,35+/m1/s1. The SMILES string of the molecule is CCCCCCCCC/C=C/CC/C=C/[C@H](O)[C@@H](CO)NC(=O)CCCCCCCCCCCCCCCCC. The molecule has 0 unspecified atom stereocenters. The van der Waals surface area contributed by atoms with Crippen molar-refractivity contribution in [3.05, 3.63) is 24.3 Å². The second kappa shape index (κ2) is 32.4. The highest BCUT2D eigenvalue weighted by molar-refractivity contribution is 5.76. The Morgan fingerprint density at radius 3 is 1.45 bits per heavy atom. The molecule has 0 rings (SSSR count). The van der Waals surface area contributed by atoms with Crippen molar-refractivity contribution in [2.24, 2.45) is 0 Å². The minimum absolute atomic E-state index is 0.0745. The van der Waals surface area contributed by atoms with Gasteiger partial charge in [0.1, 0.15) is 0 Å². The van der Waals surface area contributed by atoms with E-state index < -0.39 is 12.1 Å². The van der Waals surface area contributed by atoms with Gasteiger partial charge in [-0.15, -0.1) is 0 Å². The number of carbonyl (C=O) groups is 1. The van der Waals surface area contributed by atoms with Crippen molar-refractivity contribution < 1.29 is 15.0 Å². The average molecular weight is 564 g/mol. The van der Waals surface area contributed by atoms with Crippen LogP contribution in [-0.2, 0) is 4.79 Å². The molecular formula is C36H69NO3. The van der Waals surface area contributed by atoms with Crippen LogP contribution in [0.5, 0.6) is 0 Å². The zero-order chi connectivity index (χ0) is 29.4. The van der Waals surface area contributed by atoms with E-state index in [4.69, 9.17) is 0 Å². The summed E-state index contributed by atoms with van der Waals surface area (Å²) in [6.07, 6.45) is 39.7. The molecule has 0 saturated heterocycles. The summed E-state index contributed by atoms with van der Waals surface area (Å²) in [6, 6.07) is -0.632. The lowest BCUT2D eigenvalue weighted by molar-refractivity contribution is -0.123. The number of hydrogen-bond acceptors (Lipinski definition) is 3. The molecule has 0 spiro atoms. The molecule has 4 nitrogen and oxygen atoms in total. The highest BCUT2D eigenvalue weighted by Crippen LogP contribution is 2.14. The van der Waals surface area contributed by atoms with Crippen LogP contribution in [0.15, 0.2) is 24.3 Å². The molecular weight excluding hydrogens is 494 g/mol. The summed E-state index contributed by atoms with van der Waals surface area (Å²) in [5, 5.41) is 22.8. The smallest absolute Gasteiger partial charge is 0.220 e. The topological polar surface area (TPSA) is 69.6 Å². The van der Waals surface area contributed by atoms with Crippen LogP contribution in [0.4, 0.5) is 0 Å². The van der Waals surface area contributed by atoms with Gasteiger partial charge in [0.05, 0.1) is 18.8 Å². The third-order valence-electron chi connectivity index (χ3n) is 7.94. The summed E-state index contributed by atoms with van der Waals surface area (Å²) in [4.78, 5) is 12.3. The maximum absolute atomic E-state index is 12.3. The van der Waals surface area contributed by atoms with Gasteiger partial charge in [0.2, 0.25) is 5.91 Å². The van der Waals surface area contributed by atoms with Crippen molar-refractivity contribution in [1.82, 2.24) is 5.32 Å². The summed E-state index contributed by atoms with van der Waals surface area (Å²) in [6.45, 7) is 4.27. The molecule has 1 amide bonds. The molecule has 40 heavy (non-hydrogen) atoms. The number of aliphatic hydroxyl groups is 2. The Bertz CT molecular complexity index is 574. The number of nitrogens with one attached hydrogen (secondary N) is 1. The fourth-order valence-electron chi connectivity index (χ4n) is 5.19. The van der Waals surface area contributed by atoms with Gasteiger partial charge in [0.15, 0.2) is 0 Å². The maximum Gasteiger partial charge on any atom is 0.220 e. The zero-order valence-electron chi connectivity index (χ0n) is 26.9. The first-order chi connectivity index (χ1) is 19.7. The normalized spacial score (nSPS) is 13.4. The molecule has 3 N–H and O–H groups in total. The summed E-state index contributed by atoms with van der Waals surface area (Å²) in [7, 11) is 0. The van der Waals surface area contributed by atoms with E-state index in [0.717, 1.165) is 32.1 Å². The fraction of sp³-hybridized carbons (Fsp3) is 0.861. The van der Waals surface area contributed by atoms with Crippen molar-refractivity contribution in [3.8, 4) is 0 Å². The molecule has 0 aliphatic carbocycles. The monoisotopic (exact) mass is 564 g/mol. The van der Waals surface area contributed by atoms with Crippen LogP contribution >= 0.6 is 0 Å². The highest BCUT2D eigenvalue weighted by Gasteiger charge is 2.17. The van der Waals surface area contributed by atoms with Gasteiger partial charge < -0.3 is 15.5 Å². The van der Waals surface area contributed by atoms with Gasteiger partial charge in [-0.25, -0.2) is 0 Å². The molecule has 0 aromatic carbocycles. The molecule has 4 heteroatoms. The van der Waals surface area contributed by atoms with E-state index in [1.165, 1.54) is 128 Å². The number of unbranched alkanes of at least 4 members (excludes halogenated alkanes) is 22. The van der Waals surface area contributed by atoms with Gasteiger partial charge >= 0.3 is 0 Å². The Morgan fingerprint density at radius 2 is 0.975 bits per heavy atom. The average Bonchev–Trinajstić information content (AvgIpc) is 2.96. The third-order valence-corrected chi connectivity index (χ3v) is 7.94. The van der Waals surface area contributed by atoms with Crippen LogP contribution in [-0.4, -0.2) is 34.9 Å². The van der Waals surface area contributed by atoms with Gasteiger partial charge in [0, 0.05) is 6.42 Å². The lowest BCUT2D eigenvalue weighted by Gasteiger charge is -2.19. The quantitative estimate of drug-likeness (QED) is 0.0580. The molecule has 0 heterocycles. The number of hydrogen-bond donors (Lipinski definition) is 3. The van der Waals surface area contributed by atoms with Gasteiger partial charge in [0.25, 0.3) is 0 Å². The molecule has 2 atom stereocenters. The second-order valence-electron chi connectivity index (χ2n) is 11.9. The van der Waals surface area contributed by atoms with Gasteiger partial charge in [-0.2, -0.15) is 0 Å². The molecule has 0 radical (unpaired) electrons. The Labute approximate surface area is 249 Å². The predicted molar refractivity (Wildman–Crippen MR) is 175 cm³/mol. The molecule has 0 fully saturated rings. The molecule has 0 aliphatic rings. The molecule has 0 saturated carbocycles. The fourth-order valence-corrected chi connectivity index (χ4v) is 5.19. The van der Waals surface area contributed by atoms with Gasteiger partial charge in [-0.1, -0.05) is 167 Å². The number of amides is 1. The van der Waals surface area contributed by atoms with Crippen molar-refractivity contribution in [3.63, 3.8) is 0 Å². The van der Waals surface area contributed by atoms with E-state index in [-0.39, 0.29) is 12.5 Å². The Morgan fingerprint density at radius 1 is 0.575 bits per heavy atom. The Kier molecular flexibility index (Phi) is 31.5. The number of carbonyl (C=O) groups excluding carboxylic acids is 1. The van der Waals surface area contributed by atoms with Crippen LogP contribution in [0.2, 0.25) is 0 Å². The number of rotatable bonds is 31. The molecule has 236 valence electrons. The van der Waals surface area contributed by atoms with E-state index in [1.807, 2.05) is 6.08 Å². The third kappa shape index (κ3) is 28.4. The summed E-state index contributed by atoms with van der Waals surface area (Å²) >= 11 is 0. The second-order valence-corrected chi connectivity index (χ2v) is 11.9. The van der Waals surface area contributed by atoms with Crippen LogP contribution in [0.1, 0.15) is 181 Å². The molecule has 0 aromatic rings. The van der Waals surface area contributed by atoms with Crippen molar-refractivity contribution in [1.29, 1.82) is 0 Å². The van der Waals surface area contributed by atoms with E-state index in [2.05, 4.69) is 31.3 Å². The van der Waals surface area contributed by atoms with Crippen LogP contribution in [0.25, 0.3) is 0 Å². The van der Waals surface area contributed by atoms with Crippen molar-refractivity contribution in [2.45, 2.75) is 193 Å². The first kappa shape index (κ1) is 38.9. The van der Waals surface area contributed by atoms with Crippen molar-refractivity contribution in [2.75, 3.05) is 6.61 Å². The lowest BCUT2D eigenvalue weighted by atomic mass is 10.0. The predicted octanol–water partition coefficient (Wildman–Crippen LogP) is 10.1. The van der Waals surface area contributed by atoms with E-state index >= 15 is 0 Å². The largest absolute Gasteiger partial charge is 0.394 e. The first-order valence-electron chi connectivity index (χ1n) is 17.6. The van der Waals surface area contributed by atoms with Gasteiger partial charge in [-0.3, -0.25) is 4.79 Å². The zero-order valence-corrected chi connectivity index (χ0v) is 26.9. The van der Waals surface area contributed by atoms with Crippen LogP contribution in [0.3, 0.4) is 0 Å². The molecule has 0 aromatic heterocycles. The lowest BCUT2D eigenvalue weighted by Crippen LogP contribution is -2.45. The summed E-state index contributed by atoms with van der Waals surface area (Å²) in [5.74, 6) is -0.0745. The Balaban J connectivity index is 3.66. The van der Waals surface area contributed by atoms with E-state index in [0.29, 0.717) is 6.42 Å². The van der Waals surface area contributed by atoms with Crippen LogP contribution in [0, 0.1) is 0 Å². The first-order valence-corrected chi connectivity index (χ1v) is 17.6. The van der Waals surface area contributed by atoms with Gasteiger partial charge in [-0.05, 0) is 32.1 Å². The maximum atomic E-state index is 12.3. The Hall–Kier alpha value is -1.13. The van der Waals surface area contributed by atoms with E-state index in [9.17, 15) is 15.0 Å². The molecule has 0 aliphatic heterocycles. The summed E-state index contributed by atoms with van der Waals surface area (Å²) < 4.78 is 0. The molecule has 0 bridgehead atoms.